The van der Waals surface area contributed by atoms with Gasteiger partial charge in [0.15, 0.2) is 0 Å². The quantitative estimate of drug-likeness (QED) is 0.619. The molecule has 0 saturated carbocycles. The van der Waals surface area contributed by atoms with E-state index in [1.807, 2.05) is 4.90 Å². The van der Waals surface area contributed by atoms with E-state index in [-0.39, 0.29) is 5.91 Å². The molecule has 0 unspecified atom stereocenters. The number of aromatic nitrogens is 5. The number of hydrogen-bond donors (Lipinski definition) is 0. The van der Waals surface area contributed by atoms with Crippen LogP contribution < -0.4 is 9.64 Å². The number of tetrazole rings is 1. The molecule has 0 bridgehead atoms. The average molecular weight is 425 g/mol. The second kappa shape index (κ2) is 8.34. The normalized spacial score (nSPS) is 13.8. The topological polar surface area (TPSA) is 113 Å². The number of amides is 1. The van der Waals surface area contributed by atoms with E-state index in [0.717, 1.165) is 0 Å². The van der Waals surface area contributed by atoms with Crippen molar-refractivity contribution in [2.45, 2.75) is 0 Å². The number of nitriles is 1. The maximum absolute atomic E-state index is 13.1. The molecule has 1 aliphatic heterocycles. The lowest BCUT2D eigenvalue weighted by Crippen LogP contribution is -2.49. The Balaban J connectivity index is 1.53. The molecule has 0 spiro atoms. The first-order valence-corrected chi connectivity index (χ1v) is 9.50. The molecule has 1 aliphatic rings. The van der Waals surface area contributed by atoms with Gasteiger partial charge in [-0.1, -0.05) is 11.6 Å². The van der Waals surface area contributed by atoms with E-state index in [4.69, 9.17) is 16.3 Å². The molecule has 0 atom stereocenters. The van der Waals surface area contributed by atoms with Gasteiger partial charge < -0.3 is 14.5 Å². The van der Waals surface area contributed by atoms with Crippen LogP contribution in [0.5, 0.6) is 5.75 Å². The minimum absolute atomic E-state index is 0.182. The Morgan fingerprint density at radius 3 is 2.73 bits per heavy atom. The number of ether oxygens (including phenoxy) is 1. The third-order valence-electron chi connectivity index (χ3n) is 4.87. The first kappa shape index (κ1) is 19.6. The number of anilines is 1. The van der Waals surface area contributed by atoms with Crippen LogP contribution >= 0.6 is 11.6 Å². The first-order chi connectivity index (χ1) is 14.6. The Labute approximate surface area is 177 Å². The SMILES string of the molecule is COc1cc(-n2cnnn2)c(Cl)cc1C(=O)N1CCN(c2ncccc2C#N)CC1. The van der Waals surface area contributed by atoms with Crippen molar-refractivity contribution in [3.8, 4) is 17.5 Å². The van der Waals surface area contributed by atoms with E-state index in [0.29, 0.717) is 59.6 Å². The molecule has 0 aliphatic carbocycles. The van der Waals surface area contributed by atoms with E-state index >= 15 is 0 Å². The zero-order chi connectivity index (χ0) is 21.1. The van der Waals surface area contributed by atoms with Gasteiger partial charge in [0.25, 0.3) is 5.91 Å². The summed E-state index contributed by atoms with van der Waals surface area (Å²) in [4.78, 5) is 21.2. The summed E-state index contributed by atoms with van der Waals surface area (Å²) in [6, 6.07) is 8.83. The fourth-order valence-electron chi connectivity index (χ4n) is 3.35. The minimum Gasteiger partial charge on any atom is -0.496 e. The van der Waals surface area contributed by atoms with Crippen molar-refractivity contribution < 1.29 is 9.53 Å². The monoisotopic (exact) mass is 424 g/mol. The van der Waals surface area contributed by atoms with Crippen LogP contribution in [0.2, 0.25) is 5.02 Å². The highest BCUT2D eigenvalue weighted by Gasteiger charge is 2.27. The van der Waals surface area contributed by atoms with Crippen LogP contribution in [-0.4, -0.2) is 69.3 Å². The number of carbonyl (C=O) groups is 1. The summed E-state index contributed by atoms with van der Waals surface area (Å²) >= 11 is 6.38. The molecule has 4 rings (SSSR count). The molecule has 3 aromatic rings. The fourth-order valence-corrected chi connectivity index (χ4v) is 3.60. The summed E-state index contributed by atoms with van der Waals surface area (Å²) in [6.45, 7) is 2.10. The van der Waals surface area contributed by atoms with E-state index in [9.17, 15) is 10.1 Å². The number of carbonyl (C=O) groups excluding carboxylic acids is 1. The van der Waals surface area contributed by atoms with Gasteiger partial charge in [0.05, 0.1) is 28.9 Å². The second-order valence-electron chi connectivity index (χ2n) is 6.52. The Morgan fingerprint density at radius 2 is 2.07 bits per heavy atom. The zero-order valence-corrected chi connectivity index (χ0v) is 16.8. The number of methoxy groups -OCH3 is 1. The predicted molar refractivity (Wildman–Crippen MR) is 108 cm³/mol. The van der Waals surface area contributed by atoms with Crippen molar-refractivity contribution in [1.82, 2.24) is 30.1 Å². The van der Waals surface area contributed by atoms with Gasteiger partial charge >= 0.3 is 0 Å². The third-order valence-corrected chi connectivity index (χ3v) is 5.17. The van der Waals surface area contributed by atoms with Gasteiger partial charge in [-0.25, -0.2) is 4.98 Å². The summed E-state index contributed by atoms with van der Waals surface area (Å²) in [5.74, 6) is 0.838. The van der Waals surface area contributed by atoms with Crippen molar-refractivity contribution >= 4 is 23.3 Å². The van der Waals surface area contributed by atoms with E-state index in [1.54, 1.807) is 35.4 Å². The summed E-state index contributed by atoms with van der Waals surface area (Å²) < 4.78 is 6.83. The standard InChI is InChI=1S/C19H17ClN8O2/c1-30-17-10-16(28-12-23-24-25-28)15(20)9-14(17)19(29)27-7-5-26(6-8-27)18-13(11-21)3-2-4-22-18/h2-4,9-10,12H,5-8H2,1H3. The molecule has 10 nitrogen and oxygen atoms in total. The lowest BCUT2D eigenvalue weighted by molar-refractivity contribution is 0.0743. The van der Waals surface area contributed by atoms with E-state index < -0.39 is 0 Å². The highest BCUT2D eigenvalue weighted by molar-refractivity contribution is 6.33. The first-order valence-electron chi connectivity index (χ1n) is 9.12. The Kier molecular flexibility index (Phi) is 5.45. The van der Waals surface area contributed by atoms with Crippen LogP contribution in [0.4, 0.5) is 5.82 Å². The molecule has 1 amide bonds. The highest BCUT2D eigenvalue weighted by atomic mass is 35.5. The van der Waals surface area contributed by atoms with E-state index in [2.05, 4.69) is 26.6 Å². The van der Waals surface area contributed by atoms with Crippen molar-refractivity contribution in [1.29, 1.82) is 5.26 Å². The summed E-state index contributed by atoms with van der Waals surface area (Å²) in [7, 11) is 1.49. The molecule has 1 fully saturated rings. The molecule has 1 saturated heterocycles. The number of pyridine rings is 1. The number of benzene rings is 1. The van der Waals surface area contributed by atoms with Crippen LogP contribution in [0.1, 0.15) is 15.9 Å². The van der Waals surface area contributed by atoms with Crippen LogP contribution in [-0.2, 0) is 0 Å². The largest absolute Gasteiger partial charge is 0.496 e. The van der Waals surface area contributed by atoms with Crippen molar-refractivity contribution in [3.63, 3.8) is 0 Å². The zero-order valence-electron chi connectivity index (χ0n) is 16.1. The van der Waals surface area contributed by atoms with Gasteiger partial charge in [0.1, 0.15) is 24.0 Å². The maximum Gasteiger partial charge on any atom is 0.257 e. The number of piperazine rings is 1. The van der Waals surface area contributed by atoms with Gasteiger partial charge in [-0.2, -0.15) is 9.94 Å². The molecule has 3 heterocycles. The van der Waals surface area contributed by atoms with Gasteiger partial charge in [0, 0.05) is 38.4 Å². The van der Waals surface area contributed by atoms with Gasteiger partial charge in [-0.05, 0) is 28.6 Å². The lowest BCUT2D eigenvalue weighted by atomic mass is 10.1. The lowest BCUT2D eigenvalue weighted by Gasteiger charge is -2.36. The smallest absolute Gasteiger partial charge is 0.257 e. The minimum atomic E-state index is -0.182. The molecule has 30 heavy (non-hydrogen) atoms. The number of hydrogen-bond acceptors (Lipinski definition) is 8. The fraction of sp³-hybridized carbons (Fsp3) is 0.263. The summed E-state index contributed by atoms with van der Waals surface area (Å²) in [6.07, 6.45) is 3.07. The molecule has 11 heteroatoms. The Bertz CT molecular complexity index is 1100. The third kappa shape index (κ3) is 3.62. The summed E-state index contributed by atoms with van der Waals surface area (Å²) in [5, 5.41) is 20.6. The van der Waals surface area contributed by atoms with Crippen LogP contribution in [0, 0.1) is 11.3 Å². The van der Waals surface area contributed by atoms with Crippen molar-refractivity contribution in [3.05, 3.63) is 52.9 Å². The Morgan fingerprint density at radius 1 is 1.27 bits per heavy atom. The molecule has 0 radical (unpaired) electrons. The molecule has 152 valence electrons. The van der Waals surface area contributed by atoms with Crippen LogP contribution in [0.25, 0.3) is 5.69 Å². The van der Waals surface area contributed by atoms with Crippen molar-refractivity contribution in [2.75, 3.05) is 38.2 Å². The molecule has 0 N–H and O–H groups in total. The predicted octanol–water partition coefficient (Wildman–Crippen LogP) is 1.55. The molecular weight excluding hydrogens is 408 g/mol. The number of halogens is 1. The van der Waals surface area contributed by atoms with Crippen molar-refractivity contribution in [2.24, 2.45) is 0 Å². The second-order valence-corrected chi connectivity index (χ2v) is 6.93. The van der Waals surface area contributed by atoms with Crippen LogP contribution in [0.15, 0.2) is 36.8 Å². The van der Waals surface area contributed by atoms with Gasteiger partial charge in [-0.3, -0.25) is 4.79 Å². The molecule has 1 aromatic carbocycles. The highest BCUT2D eigenvalue weighted by Crippen LogP contribution is 2.30. The van der Waals surface area contributed by atoms with Gasteiger partial charge in [0.2, 0.25) is 0 Å². The van der Waals surface area contributed by atoms with E-state index in [1.165, 1.54) is 18.1 Å². The molecular formula is C19H17ClN8O2. The van der Waals surface area contributed by atoms with Gasteiger partial charge in [-0.15, -0.1) is 5.10 Å². The summed E-state index contributed by atoms with van der Waals surface area (Å²) in [5.41, 5.74) is 1.39. The average Bonchev–Trinajstić information content (AvgIpc) is 3.33. The Hall–Kier alpha value is -3.71. The number of rotatable bonds is 4. The number of nitrogens with zero attached hydrogens (tertiary/aromatic N) is 8. The molecule has 2 aromatic heterocycles. The van der Waals surface area contributed by atoms with Crippen LogP contribution in [0.3, 0.4) is 0 Å². The maximum atomic E-state index is 13.1.